The largest absolute Gasteiger partial charge is 0.492 e. The summed E-state index contributed by atoms with van der Waals surface area (Å²) in [7, 11) is 1.56. The summed E-state index contributed by atoms with van der Waals surface area (Å²) in [6.45, 7) is 2.35. The smallest absolute Gasteiger partial charge is 0.282 e. The highest BCUT2D eigenvalue weighted by Gasteiger charge is 2.35. The molecule has 5 rings (SSSR count). The van der Waals surface area contributed by atoms with Crippen LogP contribution < -0.4 is 9.47 Å². The Kier molecular flexibility index (Phi) is 4.78. The molecule has 31 heavy (non-hydrogen) atoms. The number of nitrogens with zero attached hydrogens (tertiary/aromatic N) is 2. The van der Waals surface area contributed by atoms with Crippen molar-refractivity contribution in [3.05, 3.63) is 68.7 Å². The van der Waals surface area contributed by atoms with Crippen molar-refractivity contribution in [2.24, 2.45) is 5.10 Å². The van der Waals surface area contributed by atoms with Crippen LogP contribution in [0.4, 0.5) is 0 Å². The van der Waals surface area contributed by atoms with Crippen LogP contribution in [0.3, 0.4) is 0 Å². The summed E-state index contributed by atoms with van der Waals surface area (Å²) in [4.78, 5) is 26.3. The Labute approximate surface area is 187 Å². The van der Waals surface area contributed by atoms with Gasteiger partial charge in [0.1, 0.15) is 0 Å². The van der Waals surface area contributed by atoms with Crippen LogP contribution >= 0.6 is 15.9 Å². The second-order valence-corrected chi connectivity index (χ2v) is 8.28. The zero-order chi connectivity index (χ0) is 21.7. The third kappa shape index (κ3) is 3.03. The van der Waals surface area contributed by atoms with Crippen molar-refractivity contribution in [1.29, 1.82) is 0 Å². The van der Waals surface area contributed by atoms with Crippen LogP contribution in [-0.4, -0.2) is 36.8 Å². The number of rotatable bonds is 5. The first kappa shape index (κ1) is 19.8. The number of methoxy groups -OCH3 is 1. The molecule has 1 aliphatic carbocycles. The van der Waals surface area contributed by atoms with Gasteiger partial charge in [0.15, 0.2) is 11.5 Å². The second-order valence-electron chi connectivity index (χ2n) is 7.43. The van der Waals surface area contributed by atoms with Gasteiger partial charge >= 0.3 is 0 Å². The van der Waals surface area contributed by atoms with Gasteiger partial charge in [-0.05, 0) is 82.0 Å². The van der Waals surface area contributed by atoms with Crippen molar-refractivity contribution < 1.29 is 19.1 Å². The summed E-state index contributed by atoms with van der Waals surface area (Å²) in [5.74, 6) is 0.288. The highest BCUT2D eigenvalue weighted by atomic mass is 79.9. The van der Waals surface area contributed by atoms with E-state index >= 15 is 0 Å². The van der Waals surface area contributed by atoms with Crippen LogP contribution in [0.5, 0.6) is 11.5 Å². The minimum Gasteiger partial charge on any atom is -0.492 e. The van der Waals surface area contributed by atoms with Crippen LogP contribution in [-0.2, 0) is 12.8 Å². The first-order chi connectivity index (χ1) is 15.0. The molecule has 2 amide bonds. The maximum Gasteiger partial charge on any atom is 0.282 e. The lowest BCUT2D eigenvalue weighted by molar-refractivity contribution is 0.0616. The van der Waals surface area contributed by atoms with Gasteiger partial charge in [0, 0.05) is 5.39 Å². The van der Waals surface area contributed by atoms with Gasteiger partial charge in [0.2, 0.25) is 0 Å². The number of ether oxygens (including phenoxy) is 2. The molecule has 0 unspecified atom stereocenters. The molecule has 0 fully saturated rings. The standard InChI is InChI=1S/C24H19BrN2O4/c1-3-31-19-11-13(10-18(25)22(19)30-2)12-26-27-23(28)16-8-6-14-4-5-15-7-9-17(24(27)29)21(16)20(14)15/h6-12H,3-5H2,1-2H3/b26-12-. The number of hydrazone groups is 1. The summed E-state index contributed by atoms with van der Waals surface area (Å²) >= 11 is 3.46. The van der Waals surface area contributed by atoms with E-state index in [1.807, 2.05) is 31.2 Å². The van der Waals surface area contributed by atoms with Gasteiger partial charge in [-0.25, -0.2) is 0 Å². The predicted molar refractivity (Wildman–Crippen MR) is 121 cm³/mol. The lowest BCUT2D eigenvalue weighted by Gasteiger charge is -2.23. The third-order valence-corrected chi connectivity index (χ3v) is 6.29. The van der Waals surface area contributed by atoms with E-state index in [1.165, 1.54) is 17.3 Å². The average molecular weight is 479 g/mol. The van der Waals surface area contributed by atoms with E-state index in [9.17, 15) is 9.59 Å². The van der Waals surface area contributed by atoms with Gasteiger partial charge in [-0.2, -0.15) is 10.1 Å². The highest BCUT2D eigenvalue weighted by Crippen LogP contribution is 2.39. The summed E-state index contributed by atoms with van der Waals surface area (Å²) in [6.07, 6.45) is 3.36. The number of amides is 2. The maximum absolute atomic E-state index is 13.2. The summed E-state index contributed by atoms with van der Waals surface area (Å²) < 4.78 is 11.7. The minimum atomic E-state index is -0.415. The van der Waals surface area contributed by atoms with Crippen molar-refractivity contribution in [1.82, 2.24) is 5.01 Å². The number of carbonyl (C=O) groups is 2. The number of benzene rings is 3. The Morgan fingerprint density at radius 1 is 1.03 bits per heavy atom. The Morgan fingerprint density at radius 3 is 2.26 bits per heavy atom. The van der Waals surface area contributed by atoms with Gasteiger partial charge in [0.25, 0.3) is 11.8 Å². The molecule has 0 atom stereocenters. The minimum absolute atomic E-state index is 0.415. The number of hydrogen-bond donors (Lipinski definition) is 0. The number of aryl methyl sites for hydroxylation is 2. The predicted octanol–water partition coefficient (Wildman–Crippen LogP) is 4.74. The van der Waals surface area contributed by atoms with Crippen molar-refractivity contribution >= 4 is 44.7 Å². The van der Waals surface area contributed by atoms with Gasteiger partial charge in [-0.3, -0.25) is 9.59 Å². The second kappa shape index (κ2) is 7.50. The molecule has 0 saturated heterocycles. The van der Waals surface area contributed by atoms with E-state index in [0.29, 0.717) is 39.3 Å². The van der Waals surface area contributed by atoms with E-state index in [1.54, 1.807) is 19.2 Å². The molecule has 3 aromatic carbocycles. The number of imide groups is 1. The molecule has 0 radical (unpaired) electrons. The van der Waals surface area contributed by atoms with Gasteiger partial charge in [0.05, 0.1) is 35.5 Å². The Balaban J connectivity index is 1.55. The molecule has 1 aliphatic heterocycles. The first-order valence-electron chi connectivity index (χ1n) is 10.0. The monoisotopic (exact) mass is 478 g/mol. The number of halogens is 1. The quantitative estimate of drug-likeness (QED) is 0.392. The average Bonchev–Trinajstić information content (AvgIpc) is 3.18. The van der Waals surface area contributed by atoms with Gasteiger partial charge in [-0.15, -0.1) is 0 Å². The molecule has 3 aromatic rings. The molecule has 0 aromatic heterocycles. The summed E-state index contributed by atoms with van der Waals surface area (Å²) in [5.41, 5.74) is 4.08. The van der Waals surface area contributed by atoms with Gasteiger partial charge < -0.3 is 9.47 Å². The summed E-state index contributed by atoms with van der Waals surface area (Å²) in [6, 6.07) is 11.1. The van der Waals surface area contributed by atoms with Crippen LogP contribution in [0.2, 0.25) is 0 Å². The fraction of sp³-hybridized carbons (Fsp3) is 0.208. The van der Waals surface area contributed by atoms with E-state index in [2.05, 4.69) is 21.0 Å². The molecule has 6 nitrogen and oxygen atoms in total. The topological polar surface area (TPSA) is 68.2 Å². The third-order valence-electron chi connectivity index (χ3n) is 5.70. The molecule has 0 saturated carbocycles. The van der Waals surface area contributed by atoms with Crippen LogP contribution in [0.15, 0.2) is 46.0 Å². The SMILES string of the molecule is CCOc1cc(/C=N\N2C(=O)c3ccc4c5c(ccc(c35)C2=O)CC4)cc(Br)c1OC. The van der Waals surface area contributed by atoms with Crippen LogP contribution in [0.25, 0.3) is 10.8 Å². The molecular weight excluding hydrogens is 460 g/mol. The molecule has 2 aliphatic rings. The Morgan fingerprint density at radius 2 is 1.68 bits per heavy atom. The zero-order valence-corrected chi connectivity index (χ0v) is 18.7. The maximum atomic E-state index is 13.2. The van der Waals surface area contributed by atoms with Gasteiger partial charge in [-0.1, -0.05) is 12.1 Å². The highest BCUT2D eigenvalue weighted by molar-refractivity contribution is 9.10. The first-order valence-corrected chi connectivity index (χ1v) is 10.8. The fourth-order valence-electron chi connectivity index (χ4n) is 4.36. The Hall–Kier alpha value is -3.19. The molecule has 7 heteroatoms. The molecule has 0 bridgehead atoms. The van der Waals surface area contributed by atoms with Crippen molar-refractivity contribution in [2.45, 2.75) is 19.8 Å². The normalized spacial score (nSPS) is 14.7. The lowest BCUT2D eigenvalue weighted by Crippen LogP contribution is -2.36. The number of hydrogen-bond acceptors (Lipinski definition) is 5. The zero-order valence-electron chi connectivity index (χ0n) is 17.1. The fourth-order valence-corrected chi connectivity index (χ4v) is 4.98. The molecule has 0 spiro atoms. The van der Waals surface area contributed by atoms with Crippen molar-refractivity contribution in [2.75, 3.05) is 13.7 Å². The molecule has 1 heterocycles. The number of carbonyl (C=O) groups excluding carboxylic acids is 2. The van der Waals surface area contributed by atoms with Crippen molar-refractivity contribution in [3.8, 4) is 11.5 Å². The Bertz CT molecular complexity index is 1240. The molecular formula is C24H19BrN2O4. The molecule has 0 N–H and O–H groups in total. The van der Waals surface area contributed by atoms with E-state index < -0.39 is 11.8 Å². The van der Waals surface area contributed by atoms with Crippen LogP contribution in [0, 0.1) is 0 Å². The van der Waals surface area contributed by atoms with E-state index in [4.69, 9.17) is 9.47 Å². The van der Waals surface area contributed by atoms with Crippen molar-refractivity contribution in [3.63, 3.8) is 0 Å². The van der Waals surface area contributed by atoms with E-state index in [0.717, 1.165) is 28.6 Å². The lowest BCUT2D eigenvalue weighted by atomic mass is 9.92. The summed E-state index contributed by atoms with van der Waals surface area (Å²) in [5, 5.41) is 7.01. The molecule has 156 valence electrons. The van der Waals surface area contributed by atoms with Crippen LogP contribution in [0.1, 0.15) is 44.3 Å². The van der Waals surface area contributed by atoms with E-state index in [-0.39, 0.29) is 0 Å².